The highest BCUT2D eigenvalue weighted by atomic mass is 35.5. The monoisotopic (exact) mass is 200 g/mol. The minimum absolute atomic E-state index is 0.0680. The van der Waals surface area contributed by atoms with Crippen molar-refractivity contribution in [2.45, 2.75) is 51.4 Å². The van der Waals surface area contributed by atoms with Gasteiger partial charge in [0.05, 0.1) is 0 Å². The molecule has 0 bridgehead atoms. The van der Waals surface area contributed by atoms with Crippen molar-refractivity contribution in [3.8, 4) is 0 Å². The zero-order valence-electron chi connectivity index (χ0n) is 8.02. The molecular weight excluding hydrogens is 184 g/mol. The van der Waals surface area contributed by atoms with E-state index in [1.165, 1.54) is 44.9 Å². The van der Waals surface area contributed by atoms with Crippen molar-refractivity contribution in [3.63, 3.8) is 0 Å². The summed E-state index contributed by atoms with van der Waals surface area (Å²) in [5.74, 6) is 0.186. The predicted octanol–water partition coefficient (Wildman–Crippen LogP) is 3.50. The van der Waals surface area contributed by atoms with Crippen LogP contribution in [0.4, 0.5) is 0 Å². The van der Waals surface area contributed by atoms with Crippen LogP contribution >= 0.6 is 11.6 Å². The molecular formula is C11H17ClO. The van der Waals surface area contributed by atoms with Crippen LogP contribution in [0, 0.1) is 11.3 Å². The Balaban J connectivity index is 2.16. The molecule has 0 aromatic carbocycles. The van der Waals surface area contributed by atoms with Gasteiger partial charge in [0.2, 0.25) is 5.24 Å². The van der Waals surface area contributed by atoms with E-state index in [1.54, 1.807) is 0 Å². The molecule has 0 heterocycles. The van der Waals surface area contributed by atoms with Gasteiger partial charge in [0.1, 0.15) is 0 Å². The first-order valence-corrected chi connectivity index (χ1v) is 5.82. The van der Waals surface area contributed by atoms with Crippen LogP contribution in [-0.4, -0.2) is 5.24 Å². The second kappa shape index (κ2) is 3.61. The average molecular weight is 201 g/mol. The van der Waals surface area contributed by atoms with Crippen LogP contribution in [0.25, 0.3) is 0 Å². The number of hydrogen-bond acceptors (Lipinski definition) is 1. The summed E-state index contributed by atoms with van der Waals surface area (Å²) >= 11 is 5.69. The van der Waals surface area contributed by atoms with Gasteiger partial charge in [0, 0.05) is 5.92 Å². The predicted molar refractivity (Wildman–Crippen MR) is 53.7 cm³/mol. The minimum Gasteiger partial charge on any atom is -0.281 e. The van der Waals surface area contributed by atoms with Crippen molar-refractivity contribution in [2.75, 3.05) is 0 Å². The lowest BCUT2D eigenvalue weighted by atomic mass is 9.65. The van der Waals surface area contributed by atoms with Crippen LogP contribution in [-0.2, 0) is 4.79 Å². The number of carbonyl (C=O) groups is 1. The zero-order valence-corrected chi connectivity index (χ0v) is 8.78. The van der Waals surface area contributed by atoms with Gasteiger partial charge in [-0.2, -0.15) is 0 Å². The zero-order chi connectivity index (χ0) is 9.31. The number of hydrogen-bond donors (Lipinski definition) is 0. The summed E-state index contributed by atoms with van der Waals surface area (Å²) in [6.07, 6.45) is 9.90. The van der Waals surface area contributed by atoms with Crippen LogP contribution in [0.2, 0.25) is 0 Å². The molecule has 1 unspecified atom stereocenters. The third-order valence-corrected chi connectivity index (χ3v) is 4.29. The molecule has 0 amide bonds. The molecule has 0 aromatic rings. The molecule has 0 aromatic heterocycles. The average Bonchev–Trinajstić information content (AvgIpc) is 2.54. The van der Waals surface area contributed by atoms with Crippen molar-refractivity contribution in [3.05, 3.63) is 0 Å². The van der Waals surface area contributed by atoms with E-state index in [1.807, 2.05) is 0 Å². The second-order valence-corrected chi connectivity index (χ2v) is 5.04. The van der Waals surface area contributed by atoms with E-state index < -0.39 is 0 Å². The standard InChI is InChI=1S/C11H17ClO/c12-10(13)9-5-1-2-6-11(9)7-3-4-8-11/h9H,1-8H2. The lowest BCUT2D eigenvalue weighted by molar-refractivity contribution is -0.120. The lowest BCUT2D eigenvalue weighted by Gasteiger charge is -2.39. The Kier molecular flexibility index (Phi) is 2.64. The highest BCUT2D eigenvalue weighted by molar-refractivity contribution is 6.64. The van der Waals surface area contributed by atoms with E-state index >= 15 is 0 Å². The van der Waals surface area contributed by atoms with Crippen LogP contribution in [0.15, 0.2) is 0 Å². The summed E-state index contributed by atoms with van der Waals surface area (Å²) in [6.45, 7) is 0. The first-order chi connectivity index (χ1) is 6.25. The summed E-state index contributed by atoms with van der Waals surface area (Å²) in [5, 5.41) is -0.0680. The Labute approximate surface area is 84.8 Å². The van der Waals surface area contributed by atoms with Crippen molar-refractivity contribution in [1.29, 1.82) is 0 Å². The van der Waals surface area contributed by atoms with Crippen LogP contribution in [0.3, 0.4) is 0 Å². The summed E-state index contributed by atoms with van der Waals surface area (Å²) in [6, 6.07) is 0. The Hall–Kier alpha value is -0.0400. The van der Waals surface area contributed by atoms with Gasteiger partial charge in [-0.3, -0.25) is 4.79 Å². The Morgan fingerprint density at radius 2 is 1.62 bits per heavy atom. The fourth-order valence-corrected chi connectivity index (χ4v) is 3.68. The maximum atomic E-state index is 11.3. The van der Waals surface area contributed by atoms with E-state index in [2.05, 4.69) is 0 Å². The summed E-state index contributed by atoms with van der Waals surface area (Å²) in [7, 11) is 0. The molecule has 1 atom stereocenters. The third kappa shape index (κ3) is 1.63. The molecule has 74 valence electrons. The summed E-state index contributed by atoms with van der Waals surface area (Å²) in [5.41, 5.74) is 0.330. The third-order valence-electron chi connectivity index (χ3n) is 4.03. The van der Waals surface area contributed by atoms with Gasteiger partial charge in [-0.15, -0.1) is 0 Å². The minimum atomic E-state index is -0.0680. The van der Waals surface area contributed by atoms with Gasteiger partial charge < -0.3 is 0 Å². The molecule has 0 N–H and O–H groups in total. The van der Waals surface area contributed by atoms with Gasteiger partial charge in [-0.25, -0.2) is 0 Å². The molecule has 13 heavy (non-hydrogen) atoms. The van der Waals surface area contributed by atoms with E-state index in [0.29, 0.717) is 5.41 Å². The Morgan fingerprint density at radius 3 is 2.15 bits per heavy atom. The van der Waals surface area contributed by atoms with Crippen LogP contribution in [0.1, 0.15) is 51.4 Å². The van der Waals surface area contributed by atoms with E-state index in [0.717, 1.165) is 6.42 Å². The van der Waals surface area contributed by atoms with Crippen molar-refractivity contribution >= 4 is 16.8 Å². The number of halogens is 1. The highest BCUT2D eigenvalue weighted by Gasteiger charge is 2.45. The molecule has 2 aliphatic rings. The SMILES string of the molecule is O=C(Cl)C1CCCCC12CCCC2. The van der Waals surface area contributed by atoms with Crippen LogP contribution < -0.4 is 0 Å². The molecule has 0 saturated heterocycles. The maximum absolute atomic E-state index is 11.3. The van der Waals surface area contributed by atoms with E-state index in [-0.39, 0.29) is 11.2 Å². The van der Waals surface area contributed by atoms with Gasteiger partial charge in [0.25, 0.3) is 0 Å². The number of carbonyl (C=O) groups excluding carboxylic acids is 1. The number of rotatable bonds is 1. The Morgan fingerprint density at radius 1 is 1.08 bits per heavy atom. The fourth-order valence-electron chi connectivity index (χ4n) is 3.34. The topological polar surface area (TPSA) is 17.1 Å². The fraction of sp³-hybridized carbons (Fsp3) is 0.909. The van der Waals surface area contributed by atoms with E-state index in [4.69, 9.17) is 11.6 Å². The van der Waals surface area contributed by atoms with Crippen molar-refractivity contribution in [2.24, 2.45) is 11.3 Å². The van der Waals surface area contributed by atoms with Gasteiger partial charge in [0.15, 0.2) is 0 Å². The van der Waals surface area contributed by atoms with Gasteiger partial charge in [-0.1, -0.05) is 25.7 Å². The first kappa shape index (κ1) is 9.51. The van der Waals surface area contributed by atoms with Crippen LogP contribution in [0.5, 0.6) is 0 Å². The maximum Gasteiger partial charge on any atom is 0.225 e. The van der Waals surface area contributed by atoms with Gasteiger partial charge in [-0.05, 0) is 42.7 Å². The summed E-state index contributed by atoms with van der Waals surface area (Å²) < 4.78 is 0. The largest absolute Gasteiger partial charge is 0.281 e. The first-order valence-electron chi connectivity index (χ1n) is 5.44. The molecule has 2 fully saturated rings. The molecule has 2 rings (SSSR count). The van der Waals surface area contributed by atoms with E-state index in [9.17, 15) is 4.79 Å². The summed E-state index contributed by atoms with van der Waals surface area (Å²) in [4.78, 5) is 11.3. The Bertz CT molecular complexity index is 206. The molecule has 1 nitrogen and oxygen atoms in total. The molecule has 2 aliphatic carbocycles. The van der Waals surface area contributed by atoms with Crippen molar-refractivity contribution in [1.82, 2.24) is 0 Å². The molecule has 0 radical (unpaired) electrons. The molecule has 2 heteroatoms. The second-order valence-electron chi connectivity index (χ2n) is 4.67. The molecule has 2 saturated carbocycles. The van der Waals surface area contributed by atoms with Crippen molar-refractivity contribution < 1.29 is 4.79 Å². The normalized spacial score (nSPS) is 32.2. The smallest absolute Gasteiger partial charge is 0.225 e. The lowest BCUT2D eigenvalue weighted by Crippen LogP contribution is -2.34. The molecule has 1 spiro atoms. The van der Waals surface area contributed by atoms with Gasteiger partial charge >= 0.3 is 0 Å². The highest BCUT2D eigenvalue weighted by Crippen LogP contribution is 2.53. The molecule has 0 aliphatic heterocycles. The quantitative estimate of drug-likeness (QED) is 0.593.